The highest BCUT2D eigenvalue weighted by atomic mass is 32.1. The van der Waals surface area contributed by atoms with Gasteiger partial charge in [0.15, 0.2) is 10.9 Å². The van der Waals surface area contributed by atoms with E-state index in [1.54, 1.807) is 12.1 Å². The minimum absolute atomic E-state index is 0.0789. The van der Waals surface area contributed by atoms with Crippen LogP contribution in [0.25, 0.3) is 16.2 Å². The minimum atomic E-state index is -0.758. The van der Waals surface area contributed by atoms with Gasteiger partial charge < -0.3 is 14.6 Å². The number of benzene rings is 1. The topological polar surface area (TPSA) is 93.7 Å². The Morgan fingerprint density at radius 3 is 2.68 bits per heavy atom. The fourth-order valence-corrected chi connectivity index (χ4v) is 7.48. The molecule has 0 amide bonds. The molecule has 214 valence electrons. The molecule has 0 aliphatic carbocycles. The molecule has 9 nitrogen and oxygen atoms in total. The van der Waals surface area contributed by atoms with E-state index >= 15 is 0 Å². The maximum Gasteiger partial charge on any atom is 0.216 e. The summed E-state index contributed by atoms with van der Waals surface area (Å²) < 4.78 is 28.5. The lowest BCUT2D eigenvalue weighted by molar-refractivity contribution is -0.112. The molecule has 0 N–H and O–H groups in total. The van der Waals surface area contributed by atoms with Crippen LogP contribution < -0.4 is 9.80 Å². The molecule has 0 bridgehead atoms. The van der Waals surface area contributed by atoms with E-state index in [1.807, 2.05) is 28.3 Å². The second-order valence-corrected chi connectivity index (χ2v) is 12.6. The summed E-state index contributed by atoms with van der Waals surface area (Å²) >= 11 is 2.81. The molecule has 13 heteroatoms. The van der Waals surface area contributed by atoms with Crippen molar-refractivity contribution in [2.45, 2.75) is 32.4 Å². The van der Waals surface area contributed by atoms with Crippen molar-refractivity contribution in [1.82, 2.24) is 24.5 Å². The number of halogens is 2. The lowest BCUT2D eigenvalue weighted by Gasteiger charge is -2.36. The third-order valence-corrected chi connectivity index (χ3v) is 9.81. The first-order valence-electron chi connectivity index (χ1n) is 13.7. The van der Waals surface area contributed by atoms with E-state index < -0.39 is 6.17 Å². The summed E-state index contributed by atoms with van der Waals surface area (Å²) in [7, 11) is 1.89. The third kappa shape index (κ3) is 5.43. The van der Waals surface area contributed by atoms with Gasteiger partial charge >= 0.3 is 0 Å². The van der Waals surface area contributed by atoms with Gasteiger partial charge in [-0.2, -0.15) is 9.78 Å². The summed E-state index contributed by atoms with van der Waals surface area (Å²) in [5.41, 5.74) is 2.08. The molecule has 2 aliphatic heterocycles. The molecule has 0 radical (unpaired) electrons. The Hall–Kier alpha value is -3.47. The lowest BCUT2D eigenvalue weighted by atomic mass is 9.93. The molecule has 2 fully saturated rings. The van der Waals surface area contributed by atoms with Gasteiger partial charge in [0.1, 0.15) is 34.9 Å². The molecule has 1 aromatic carbocycles. The molecule has 2 saturated heterocycles. The normalized spacial score (nSPS) is 18.5. The van der Waals surface area contributed by atoms with Crippen molar-refractivity contribution in [3.8, 4) is 17.3 Å². The van der Waals surface area contributed by atoms with Gasteiger partial charge in [0.2, 0.25) is 10.1 Å². The van der Waals surface area contributed by atoms with Gasteiger partial charge in [-0.15, -0.1) is 5.10 Å². The number of aryl methyl sites for hydroxylation is 1. The number of alkyl halides is 1. The molecule has 6 rings (SSSR count). The van der Waals surface area contributed by atoms with Crippen LogP contribution in [0.1, 0.15) is 30.3 Å². The van der Waals surface area contributed by atoms with Crippen molar-refractivity contribution in [2.75, 3.05) is 49.6 Å². The SMILES string of the molecule is CCc1nc2sc(N3CCC(CC(C=O)CN4CC(F)C4)C3)nn2c1N(C)c1nc(-c2ccc(F)cc2)c(C#N)s1. The van der Waals surface area contributed by atoms with Crippen LogP contribution in [0.15, 0.2) is 24.3 Å². The third-order valence-electron chi connectivity index (χ3n) is 7.80. The van der Waals surface area contributed by atoms with Crippen LogP contribution in [-0.2, 0) is 11.2 Å². The van der Waals surface area contributed by atoms with E-state index in [-0.39, 0.29) is 11.7 Å². The number of carbonyl (C=O) groups excluding carboxylic acids is 1. The molecular formula is C28H30F2N8OS2. The summed E-state index contributed by atoms with van der Waals surface area (Å²) in [5, 5.41) is 16.2. The maximum atomic E-state index is 13.5. The van der Waals surface area contributed by atoms with Gasteiger partial charge in [0, 0.05) is 51.3 Å². The monoisotopic (exact) mass is 596 g/mol. The fraction of sp³-hybridized carbons (Fsp3) is 0.464. The van der Waals surface area contributed by atoms with Crippen LogP contribution >= 0.6 is 22.7 Å². The van der Waals surface area contributed by atoms with Crippen molar-refractivity contribution in [3.05, 3.63) is 40.7 Å². The summed E-state index contributed by atoms with van der Waals surface area (Å²) in [6.45, 7) is 5.21. The average Bonchev–Trinajstić information content (AvgIpc) is 3.74. The Morgan fingerprint density at radius 2 is 2.00 bits per heavy atom. The smallest absolute Gasteiger partial charge is 0.216 e. The Morgan fingerprint density at radius 1 is 1.22 bits per heavy atom. The first-order valence-corrected chi connectivity index (χ1v) is 15.4. The molecule has 2 atom stereocenters. The van der Waals surface area contributed by atoms with Crippen LogP contribution in [0.5, 0.6) is 0 Å². The van der Waals surface area contributed by atoms with Gasteiger partial charge in [-0.1, -0.05) is 29.6 Å². The summed E-state index contributed by atoms with van der Waals surface area (Å²) in [6, 6.07) is 8.20. The van der Waals surface area contributed by atoms with Crippen molar-refractivity contribution >= 4 is 50.0 Å². The number of anilines is 3. The number of likely N-dealkylation sites (tertiary alicyclic amines) is 1. The predicted octanol–water partition coefficient (Wildman–Crippen LogP) is 4.94. The van der Waals surface area contributed by atoms with Crippen molar-refractivity contribution in [1.29, 1.82) is 5.26 Å². The zero-order chi connectivity index (χ0) is 28.7. The molecular weight excluding hydrogens is 566 g/mol. The summed E-state index contributed by atoms with van der Waals surface area (Å²) in [6.07, 6.45) is 2.74. The highest BCUT2D eigenvalue weighted by Crippen LogP contribution is 2.39. The Balaban J connectivity index is 1.21. The number of hydrogen-bond acceptors (Lipinski definition) is 10. The van der Waals surface area contributed by atoms with Crippen LogP contribution in [0.4, 0.5) is 24.9 Å². The Labute approximate surface area is 244 Å². The summed E-state index contributed by atoms with van der Waals surface area (Å²) in [4.78, 5) is 28.7. The molecule has 0 saturated carbocycles. The number of carbonyl (C=O) groups is 1. The number of rotatable bonds is 10. The lowest BCUT2D eigenvalue weighted by Crippen LogP contribution is -2.50. The highest BCUT2D eigenvalue weighted by Gasteiger charge is 2.32. The molecule has 41 heavy (non-hydrogen) atoms. The fourth-order valence-electron chi connectivity index (χ4n) is 5.68. The van der Waals surface area contributed by atoms with E-state index in [4.69, 9.17) is 15.1 Å². The molecule has 4 aromatic rings. The van der Waals surface area contributed by atoms with Crippen molar-refractivity contribution in [2.24, 2.45) is 11.8 Å². The molecule has 2 aliphatic rings. The largest absolute Gasteiger partial charge is 0.346 e. The van der Waals surface area contributed by atoms with Gasteiger partial charge in [-0.25, -0.2) is 18.7 Å². The second kappa shape index (κ2) is 11.4. The first kappa shape index (κ1) is 27.7. The predicted molar refractivity (Wildman–Crippen MR) is 156 cm³/mol. The number of aldehydes is 1. The number of nitrogens with zero attached hydrogens (tertiary/aromatic N) is 8. The van der Waals surface area contributed by atoms with E-state index in [2.05, 4.69) is 11.0 Å². The number of imidazole rings is 1. The number of nitriles is 1. The first-order chi connectivity index (χ1) is 19.9. The molecule has 0 spiro atoms. The van der Waals surface area contributed by atoms with Crippen molar-refractivity contribution < 1.29 is 13.6 Å². The number of hydrogen-bond donors (Lipinski definition) is 0. The van der Waals surface area contributed by atoms with Crippen LogP contribution in [0.3, 0.4) is 0 Å². The molecule has 2 unspecified atom stereocenters. The maximum absolute atomic E-state index is 13.5. The number of fused-ring (bicyclic) bond motifs is 1. The van der Waals surface area contributed by atoms with Gasteiger partial charge in [0.25, 0.3) is 0 Å². The zero-order valence-electron chi connectivity index (χ0n) is 22.8. The standard InChI is InChI=1S/C28H30F2N8OS2/c1-3-22-25(35(2)26-33-24(23(11-31)40-26)19-4-6-20(29)7-5-19)38-27(32-22)41-28(34-38)37-9-8-17(13-37)10-18(16-39)12-36-14-21(30)15-36/h4-7,16-18,21H,3,8-10,12-15H2,1-2H3. The van der Waals surface area contributed by atoms with E-state index in [9.17, 15) is 18.8 Å². The van der Waals surface area contributed by atoms with Crippen molar-refractivity contribution in [3.63, 3.8) is 0 Å². The molecule has 3 aromatic heterocycles. The average molecular weight is 597 g/mol. The van der Waals surface area contributed by atoms with E-state index in [1.165, 1.54) is 34.8 Å². The Bertz CT molecular complexity index is 1590. The van der Waals surface area contributed by atoms with E-state index in [0.29, 0.717) is 53.2 Å². The van der Waals surface area contributed by atoms with E-state index in [0.717, 1.165) is 53.8 Å². The van der Waals surface area contributed by atoms with Gasteiger partial charge in [-0.05, 0) is 49.4 Å². The van der Waals surface area contributed by atoms with Crippen LogP contribution in [-0.4, -0.2) is 76.7 Å². The highest BCUT2D eigenvalue weighted by molar-refractivity contribution is 7.20. The quantitative estimate of drug-likeness (QED) is 0.238. The second-order valence-electron chi connectivity index (χ2n) is 10.7. The number of aromatic nitrogens is 4. The zero-order valence-corrected chi connectivity index (χ0v) is 24.5. The van der Waals surface area contributed by atoms with Gasteiger partial charge in [0.05, 0.1) is 5.69 Å². The van der Waals surface area contributed by atoms with Crippen LogP contribution in [0.2, 0.25) is 0 Å². The minimum Gasteiger partial charge on any atom is -0.346 e. The van der Waals surface area contributed by atoms with Crippen LogP contribution in [0, 0.1) is 29.0 Å². The van der Waals surface area contributed by atoms with Gasteiger partial charge in [-0.3, -0.25) is 4.90 Å². The number of thiazole rings is 1. The molecule has 5 heterocycles. The summed E-state index contributed by atoms with van der Waals surface area (Å²) in [5.74, 6) is 0.752. The Kier molecular flexibility index (Phi) is 7.72.